The van der Waals surface area contributed by atoms with Crippen molar-refractivity contribution in [2.24, 2.45) is 29.6 Å². The second-order valence-electron chi connectivity index (χ2n) is 9.55. The molecule has 4 bridgehead atoms. The van der Waals surface area contributed by atoms with E-state index in [1.54, 1.807) is 0 Å². The molecule has 0 spiro atoms. The van der Waals surface area contributed by atoms with Crippen LogP contribution in [0, 0.1) is 29.6 Å². The van der Waals surface area contributed by atoms with Gasteiger partial charge >= 0.3 is 0 Å². The predicted octanol–water partition coefficient (Wildman–Crippen LogP) is 5.02. The van der Waals surface area contributed by atoms with Gasteiger partial charge in [0, 0.05) is 5.92 Å². The molecular formula is C24H27NO. The van der Waals surface area contributed by atoms with Crippen LogP contribution in [0.4, 0.5) is 0 Å². The second-order valence-corrected chi connectivity index (χ2v) is 9.55. The van der Waals surface area contributed by atoms with Gasteiger partial charge in [-0.3, -0.25) is 4.79 Å². The van der Waals surface area contributed by atoms with Crippen LogP contribution in [-0.2, 0) is 10.3 Å². The van der Waals surface area contributed by atoms with Crippen molar-refractivity contribution in [3.05, 3.63) is 48.0 Å². The minimum absolute atomic E-state index is 0.105. The summed E-state index contributed by atoms with van der Waals surface area (Å²) in [7, 11) is 0. The Kier molecular flexibility index (Phi) is 3.13. The van der Waals surface area contributed by atoms with Gasteiger partial charge in [0.25, 0.3) is 0 Å². The molecule has 5 saturated carbocycles. The molecule has 0 saturated heterocycles. The molecule has 5 fully saturated rings. The summed E-state index contributed by atoms with van der Waals surface area (Å²) < 4.78 is 0. The van der Waals surface area contributed by atoms with E-state index in [0.717, 1.165) is 24.7 Å². The first-order chi connectivity index (χ1) is 12.7. The third kappa shape index (κ3) is 2.20. The Morgan fingerprint density at radius 3 is 2.19 bits per heavy atom. The number of hydrogen-bond donors (Lipinski definition) is 1. The summed E-state index contributed by atoms with van der Waals surface area (Å²) in [5, 5.41) is 6.15. The maximum atomic E-state index is 13.4. The highest BCUT2D eigenvalue weighted by Crippen LogP contribution is 2.57. The highest BCUT2D eigenvalue weighted by molar-refractivity contribution is 5.88. The van der Waals surface area contributed by atoms with Gasteiger partial charge in [0.1, 0.15) is 0 Å². The quantitative estimate of drug-likeness (QED) is 0.832. The van der Waals surface area contributed by atoms with Crippen molar-refractivity contribution in [3.63, 3.8) is 0 Å². The summed E-state index contributed by atoms with van der Waals surface area (Å²) in [5.41, 5.74) is 1.22. The van der Waals surface area contributed by atoms with Crippen molar-refractivity contribution in [1.82, 2.24) is 5.32 Å². The van der Waals surface area contributed by atoms with Gasteiger partial charge in [-0.25, -0.2) is 0 Å². The van der Waals surface area contributed by atoms with E-state index in [-0.39, 0.29) is 11.5 Å². The van der Waals surface area contributed by atoms with E-state index in [0.29, 0.717) is 17.7 Å². The maximum absolute atomic E-state index is 13.4. The number of benzene rings is 2. The molecule has 26 heavy (non-hydrogen) atoms. The average Bonchev–Trinajstić information content (AvgIpc) is 3.41. The van der Waals surface area contributed by atoms with Gasteiger partial charge in [0.15, 0.2) is 0 Å². The molecule has 2 aromatic rings. The first kappa shape index (κ1) is 15.2. The fourth-order valence-electron chi connectivity index (χ4n) is 6.90. The zero-order chi connectivity index (χ0) is 17.3. The van der Waals surface area contributed by atoms with Gasteiger partial charge in [-0.05, 0) is 85.0 Å². The lowest BCUT2D eigenvalue weighted by atomic mass is 9.51. The summed E-state index contributed by atoms with van der Waals surface area (Å²) in [6.07, 6.45) is 8.86. The molecule has 0 radical (unpaired) electrons. The summed E-state index contributed by atoms with van der Waals surface area (Å²) in [6.45, 7) is 0. The standard InChI is InChI=1S/C24H27NO/c26-23(22-18-11-15-10-16(13-18)14-19(22)12-15)25-24(8-9-24)21-7-3-5-17-4-1-2-6-20(17)21/h1-7,15-16,18-19,22H,8-14H2,(H,25,26). The minimum Gasteiger partial charge on any atom is -0.346 e. The molecule has 1 N–H and O–H groups in total. The Balaban J connectivity index is 1.30. The van der Waals surface area contributed by atoms with Crippen LogP contribution < -0.4 is 5.32 Å². The second kappa shape index (κ2) is 5.34. The normalized spacial score (nSPS) is 36.2. The van der Waals surface area contributed by atoms with Gasteiger partial charge < -0.3 is 5.32 Å². The van der Waals surface area contributed by atoms with Crippen LogP contribution in [0.25, 0.3) is 10.8 Å². The van der Waals surface area contributed by atoms with Crippen LogP contribution in [0.15, 0.2) is 42.5 Å². The summed E-state index contributed by atoms with van der Waals surface area (Å²) >= 11 is 0. The zero-order valence-corrected chi connectivity index (χ0v) is 15.3. The van der Waals surface area contributed by atoms with Crippen LogP contribution in [0.3, 0.4) is 0 Å². The van der Waals surface area contributed by atoms with Crippen molar-refractivity contribution >= 4 is 16.7 Å². The smallest absolute Gasteiger partial charge is 0.224 e. The minimum atomic E-state index is -0.105. The molecule has 0 unspecified atom stereocenters. The number of hydrogen-bond acceptors (Lipinski definition) is 1. The Labute approximate surface area is 155 Å². The summed E-state index contributed by atoms with van der Waals surface area (Å²) in [4.78, 5) is 13.4. The number of rotatable bonds is 3. The molecule has 5 aliphatic carbocycles. The highest BCUT2D eigenvalue weighted by atomic mass is 16.2. The summed E-state index contributed by atoms with van der Waals surface area (Å²) in [6, 6.07) is 15.1. The lowest BCUT2D eigenvalue weighted by molar-refractivity contribution is -0.139. The molecule has 5 aliphatic rings. The van der Waals surface area contributed by atoms with Crippen molar-refractivity contribution in [2.75, 3.05) is 0 Å². The van der Waals surface area contributed by atoms with Crippen molar-refractivity contribution in [2.45, 2.75) is 50.5 Å². The van der Waals surface area contributed by atoms with Crippen LogP contribution in [0.2, 0.25) is 0 Å². The highest BCUT2D eigenvalue weighted by Gasteiger charge is 2.53. The van der Waals surface area contributed by atoms with E-state index in [9.17, 15) is 4.79 Å². The van der Waals surface area contributed by atoms with Gasteiger partial charge in [0.05, 0.1) is 5.54 Å². The van der Waals surface area contributed by atoms with E-state index in [1.807, 2.05) is 0 Å². The van der Waals surface area contributed by atoms with Crippen molar-refractivity contribution < 1.29 is 4.79 Å². The molecule has 0 aliphatic heterocycles. The Bertz CT molecular complexity index is 847. The average molecular weight is 345 g/mol. The van der Waals surface area contributed by atoms with Crippen molar-refractivity contribution in [1.29, 1.82) is 0 Å². The zero-order valence-electron chi connectivity index (χ0n) is 15.3. The lowest BCUT2D eigenvalue weighted by Gasteiger charge is -2.53. The maximum Gasteiger partial charge on any atom is 0.224 e. The molecule has 0 heterocycles. The third-order valence-electron chi connectivity index (χ3n) is 7.95. The molecule has 2 nitrogen and oxygen atoms in total. The molecule has 0 aromatic heterocycles. The van der Waals surface area contributed by atoms with Gasteiger partial charge in [0.2, 0.25) is 5.91 Å². The number of fused-ring (bicyclic) bond motifs is 1. The molecular weight excluding hydrogens is 318 g/mol. The first-order valence-corrected chi connectivity index (χ1v) is 10.5. The molecule has 134 valence electrons. The van der Waals surface area contributed by atoms with Gasteiger partial charge in [-0.1, -0.05) is 42.5 Å². The molecule has 0 atom stereocenters. The van der Waals surface area contributed by atoms with E-state index < -0.39 is 0 Å². The molecule has 2 aromatic carbocycles. The molecule has 2 heteroatoms. The number of nitrogens with one attached hydrogen (secondary N) is 1. The first-order valence-electron chi connectivity index (χ1n) is 10.5. The topological polar surface area (TPSA) is 29.1 Å². The van der Waals surface area contributed by atoms with E-state index >= 15 is 0 Å². The van der Waals surface area contributed by atoms with E-state index in [4.69, 9.17) is 0 Å². The Morgan fingerprint density at radius 2 is 1.50 bits per heavy atom. The fraction of sp³-hybridized carbons (Fsp3) is 0.542. The van der Waals surface area contributed by atoms with Crippen LogP contribution in [0.5, 0.6) is 0 Å². The fourth-order valence-corrected chi connectivity index (χ4v) is 6.90. The lowest BCUT2D eigenvalue weighted by Crippen LogP contribution is -2.52. The number of carbonyl (C=O) groups is 1. The van der Waals surface area contributed by atoms with Gasteiger partial charge in [-0.15, -0.1) is 0 Å². The third-order valence-corrected chi connectivity index (χ3v) is 7.95. The predicted molar refractivity (Wildman–Crippen MR) is 104 cm³/mol. The van der Waals surface area contributed by atoms with Crippen LogP contribution in [-0.4, -0.2) is 5.91 Å². The monoisotopic (exact) mass is 345 g/mol. The Morgan fingerprint density at radius 1 is 0.846 bits per heavy atom. The number of amides is 1. The van der Waals surface area contributed by atoms with Crippen LogP contribution >= 0.6 is 0 Å². The summed E-state index contributed by atoms with van der Waals surface area (Å²) in [5.74, 6) is 3.83. The van der Waals surface area contributed by atoms with Crippen LogP contribution in [0.1, 0.15) is 50.5 Å². The van der Waals surface area contributed by atoms with Crippen molar-refractivity contribution in [3.8, 4) is 0 Å². The molecule has 1 amide bonds. The largest absolute Gasteiger partial charge is 0.346 e. The van der Waals surface area contributed by atoms with E-state index in [1.165, 1.54) is 48.4 Å². The van der Waals surface area contributed by atoms with Gasteiger partial charge in [-0.2, -0.15) is 0 Å². The Hall–Kier alpha value is -1.83. The SMILES string of the molecule is O=C(NC1(c2cccc3ccccc23)CC1)C1C2CC3CC(C2)CC1C3. The van der Waals surface area contributed by atoms with E-state index in [2.05, 4.69) is 47.8 Å². The number of carbonyl (C=O) groups excluding carboxylic acids is 1. The molecule has 7 rings (SSSR count).